The lowest BCUT2D eigenvalue weighted by Gasteiger charge is -2.20. The lowest BCUT2D eigenvalue weighted by molar-refractivity contribution is -0.120. The lowest BCUT2D eigenvalue weighted by atomic mass is 10.1. The van der Waals surface area contributed by atoms with Crippen LogP contribution in [0, 0.1) is 6.92 Å². The van der Waals surface area contributed by atoms with Gasteiger partial charge < -0.3 is 20.1 Å². The van der Waals surface area contributed by atoms with Crippen molar-refractivity contribution in [1.82, 2.24) is 14.8 Å². The molecule has 3 N–H and O–H groups in total. The van der Waals surface area contributed by atoms with Gasteiger partial charge in [0.25, 0.3) is 0 Å². The standard InChI is InChI=1S/C28H30ClN3O4S/c1-17-24(16-31(2)15-23(34)19-6-10-22(33)11-7-19)37-28-26(17)32(3)14-20(27(28)36)12-25(35)30-13-18-4-8-21(29)9-5-18/h4-11,14,23,33-34H,12-13,15-16H2,1-3H3,(H,30,35). The number of halogens is 1. The van der Waals surface area contributed by atoms with Gasteiger partial charge in [-0.1, -0.05) is 35.9 Å². The van der Waals surface area contributed by atoms with Crippen LogP contribution >= 0.6 is 22.9 Å². The molecule has 1 atom stereocenters. The first-order valence-corrected chi connectivity index (χ1v) is 13.1. The van der Waals surface area contributed by atoms with Crippen LogP contribution in [0.4, 0.5) is 0 Å². The molecule has 0 fully saturated rings. The number of thiophene rings is 1. The molecule has 2 aromatic carbocycles. The van der Waals surface area contributed by atoms with E-state index in [2.05, 4.69) is 5.32 Å². The van der Waals surface area contributed by atoms with Gasteiger partial charge in [-0.05, 0) is 54.9 Å². The van der Waals surface area contributed by atoms with E-state index in [1.54, 1.807) is 42.6 Å². The number of phenols is 1. The van der Waals surface area contributed by atoms with Crippen LogP contribution in [-0.2, 0) is 31.4 Å². The van der Waals surface area contributed by atoms with Gasteiger partial charge >= 0.3 is 0 Å². The molecule has 0 spiro atoms. The maximum Gasteiger partial charge on any atom is 0.224 e. The minimum Gasteiger partial charge on any atom is -0.508 e. The van der Waals surface area contributed by atoms with Gasteiger partial charge in [0.15, 0.2) is 0 Å². The Kier molecular flexibility index (Phi) is 8.34. The molecule has 0 saturated heterocycles. The third-order valence-electron chi connectivity index (χ3n) is 6.34. The second-order valence-electron chi connectivity index (χ2n) is 9.31. The van der Waals surface area contributed by atoms with E-state index >= 15 is 0 Å². The van der Waals surface area contributed by atoms with Gasteiger partial charge in [0.05, 0.1) is 22.7 Å². The fraction of sp³-hybridized carbons (Fsp3) is 0.286. The summed E-state index contributed by atoms with van der Waals surface area (Å²) < 4.78 is 2.55. The van der Waals surface area contributed by atoms with Gasteiger partial charge in [-0.15, -0.1) is 11.3 Å². The quantitative estimate of drug-likeness (QED) is 0.295. The number of aryl methyl sites for hydroxylation is 2. The highest BCUT2D eigenvalue weighted by atomic mass is 35.5. The minimum absolute atomic E-state index is 0.00120. The van der Waals surface area contributed by atoms with Crippen LogP contribution in [0.1, 0.15) is 33.2 Å². The summed E-state index contributed by atoms with van der Waals surface area (Å²) in [5.74, 6) is -0.0623. The SMILES string of the molecule is Cc1c(CN(C)CC(O)c2ccc(O)cc2)sc2c(=O)c(CC(=O)NCc3ccc(Cl)cc3)cn(C)c12. The molecule has 194 valence electrons. The number of nitrogens with one attached hydrogen (secondary N) is 1. The van der Waals surface area contributed by atoms with Gasteiger partial charge in [0.1, 0.15) is 5.75 Å². The van der Waals surface area contributed by atoms with Crippen LogP contribution in [0.3, 0.4) is 0 Å². The van der Waals surface area contributed by atoms with E-state index in [-0.39, 0.29) is 23.5 Å². The highest BCUT2D eigenvalue weighted by molar-refractivity contribution is 7.19. The van der Waals surface area contributed by atoms with Crippen molar-refractivity contribution < 1.29 is 15.0 Å². The molecule has 0 radical (unpaired) electrons. The van der Waals surface area contributed by atoms with E-state index in [4.69, 9.17) is 11.6 Å². The summed E-state index contributed by atoms with van der Waals surface area (Å²) in [4.78, 5) is 28.9. The number of rotatable bonds is 9. The third kappa shape index (κ3) is 6.40. The number of carbonyl (C=O) groups is 1. The van der Waals surface area contributed by atoms with Crippen LogP contribution in [-0.4, -0.2) is 39.2 Å². The number of aromatic hydroxyl groups is 1. The summed E-state index contributed by atoms with van der Waals surface area (Å²) in [7, 11) is 3.81. The predicted octanol–water partition coefficient (Wildman–Crippen LogP) is 4.29. The van der Waals surface area contributed by atoms with Gasteiger partial charge in [-0.2, -0.15) is 0 Å². The number of aliphatic hydroxyl groups is 1. The monoisotopic (exact) mass is 539 g/mol. The largest absolute Gasteiger partial charge is 0.508 e. The second kappa shape index (κ2) is 11.5. The molecule has 7 nitrogen and oxygen atoms in total. The van der Waals surface area contributed by atoms with E-state index in [0.29, 0.717) is 34.9 Å². The number of pyridine rings is 1. The molecule has 1 amide bonds. The van der Waals surface area contributed by atoms with Crippen molar-refractivity contribution in [2.45, 2.75) is 32.5 Å². The van der Waals surface area contributed by atoms with E-state index in [1.165, 1.54) is 11.3 Å². The highest BCUT2D eigenvalue weighted by Gasteiger charge is 2.19. The maximum atomic E-state index is 13.3. The second-order valence-corrected chi connectivity index (χ2v) is 10.8. The Labute approximate surface area is 224 Å². The molecule has 0 aliphatic rings. The number of hydrogen-bond donors (Lipinski definition) is 3. The molecular weight excluding hydrogens is 510 g/mol. The summed E-state index contributed by atoms with van der Waals surface area (Å²) in [6, 6.07) is 13.8. The van der Waals surface area contributed by atoms with E-state index < -0.39 is 6.10 Å². The topological polar surface area (TPSA) is 94.8 Å². The Balaban J connectivity index is 1.47. The number of aromatic nitrogens is 1. The minimum atomic E-state index is -0.704. The van der Waals surface area contributed by atoms with Gasteiger partial charge in [-0.3, -0.25) is 14.5 Å². The van der Waals surface area contributed by atoms with Gasteiger partial charge in [0, 0.05) is 48.3 Å². The number of benzene rings is 2. The smallest absolute Gasteiger partial charge is 0.224 e. The van der Waals surface area contributed by atoms with Crippen LogP contribution in [0.15, 0.2) is 59.5 Å². The van der Waals surface area contributed by atoms with Crippen LogP contribution < -0.4 is 10.7 Å². The number of fused-ring (bicyclic) bond motifs is 1. The van der Waals surface area contributed by atoms with Gasteiger partial charge in [0.2, 0.25) is 11.3 Å². The summed E-state index contributed by atoms with van der Waals surface area (Å²) in [6.45, 7) is 3.32. The first-order chi connectivity index (χ1) is 17.6. The molecule has 1 unspecified atom stereocenters. The number of hydrogen-bond acceptors (Lipinski definition) is 6. The molecular formula is C28H30ClN3O4S. The first-order valence-electron chi connectivity index (χ1n) is 11.9. The Morgan fingerprint density at radius 3 is 2.51 bits per heavy atom. The summed E-state index contributed by atoms with van der Waals surface area (Å²) in [5.41, 5.74) is 3.87. The normalized spacial score (nSPS) is 12.3. The van der Waals surface area contributed by atoms with Crippen molar-refractivity contribution in [3.8, 4) is 5.75 Å². The average Bonchev–Trinajstić information content (AvgIpc) is 3.18. The number of amides is 1. The van der Waals surface area contributed by atoms with E-state index in [0.717, 1.165) is 27.1 Å². The predicted molar refractivity (Wildman–Crippen MR) is 148 cm³/mol. The molecule has 4 aromatic rings. The zero-order valence-electron chi connectivity index (χ0n) is 21.0. The Morgan fingerprint density at radius 2 is 1.84 bits per heavy atom. The van der Waals surface area contributed by atoms with Crippen LogP contribution in [0.5, 0.6) is 5.75 Å². The summed E-state index contributed by atoms with van der Waals surface area (Å²) in [6.07, 6.45) is 1.04. The average molecular weight is 540 g/mol. The van der Waals surface area contributed by atoms with Crippen LogP contribution in [0.25, 0.3) is 10.2 Å². The zero-order chi connectivity index (χ0) is 26.7. The van der Waals surface area contributed by atoms with Crippen molar-refractivity contribution in [2.24, 2.45) is 7.05 Å². The van der Waals surface area contributed by atoms with Crippen molar-refractivity contribution in [3.63, 3.8) is 0 Å². The van der Waals surface area contributed by atoms with E-state index in [1.807, 2.05) is 42.6 Å². The molecule has 9 heteroatoms. The highest BCUT2D eigenvalue weighted by Crippen LogP contribution is 2.30. The van der Waals surface area contributed by atoms with Crippen molar-refractivity contribution in [3.05, 3.63) is 97.1 Å². The van der Waals surface area contributed by atoms with Crippen molar-refractivity contribution in [2.75, 3.05) is 13.6 Å². The first kappa shape index (κ1) is 26.9. The fourth-order valence-electron chi connectivity index (χ4n) is 4.35. The molecule has 0 aliphatic carbocycles. The Hall–Kier alpha value is -3.17. The number of nitrogens with zero attached hydrogens (tertiary/aromatic N) is 2. The molecule has 4 rings (SSSR count). The molecule has 2 aromatic heterocycles. The number of carbonyl (C=O) groups excluding carboxylic acids is 1. The fourth-order valence-corrected chi connectivity index (χ4v) is 5.88. The molecule has 2 heterocycles. The number of likely N-dealkylation sites (N-methyl/N-ethyl adjacent to an activating group) is 1. The van der Waals surface area contributed by atoms with E-state index in [9.17, 15) is 19.8 Å². The lowest BCUT2D eigenvalue weighted by Crippen LogP contribution is -2.27. The third-order valence-corrected chi connectivity index (χ3v) is 7.86. The number of phenolic OH excluding ortho intramolecular Hbond substituents is 1. The molecule has 0 saturated carbocycles. The zero-order valence-corrected chi connectivity index (χ0v) is 22.6. The molecule has 37 heavy (non-hydrogen) atoms. The van der Waals surface area contributed by atoms with Crippen LogP contribution in [0.2, 0.25) is 5.02 Å². The molecule has 0 bridgehead atoms. The maximum absolute atomic E-state index is 13.3. The Morgan fingerprint density at radius 1 is 1.16 bits per heavy atom. The Bertz CT molecular complexity index is 1460. The van der Waals surface area contributed by atoms with Crippen molar-refractivity contribution >= 4 is 39.1 Å². The van der Waals surface area contributed by atoms with Crippen molar-refractivity contribution in [1.29, 1.82) is 0 Å². The summed E-state index contributed by atoms with van der Waals surface area (Å²) >= 11 is 7.35. The summed E-state index contributed by atoms with van der Waals surface area (Å²) in [5, 5.41) is 23.6. The van der Waals surface area contributed by atoms with Gasteiger partial charge in [-0.25, -0.2) is 0 Å². The molecule has 0 aliphatic heterocycles. The number of aliphatic hydroxyl groups excluding tert-OH is 1.